The molecule has 0 N–H and O–H groups in total. The fourth-order valence-electron chi connectivity index (χ4n) is 2.15. The Morgan fingerprint density at radius 1 is 1.41 bits per heavy atom. The molecule has 0 bridgehead atoms. The van der Waals surface area contributed by atoms with Crippen molar-refractivity contribution in [3.63, 3.8) is 0 Å². The SMILES string of the molecule is O=S(=O)(c1cccs1)N1CCCCCC1CBr. The Morgan fingerprint density at radius 3 is 2.88 bits per heavy atom. The van der Waals surface area contributed by atoms with Crippen molar-refractivity contribution in [2.75, 3.05) is 11.9 Å². The predicted octanol–water partition coefficient (Wildman–Crippen LogP) is 3.08. The van der Waals surface area contributed by atoms with Crippen molar-refractivity contribution in [2.45, 2.75) is 35.9 Å². The first-order valence-corrected chi connectivity index (χ1v) is 9.21. The molecule has 0 aliphatic carbocycles. The smallest absolute Gasteiger partial charge is 0.206 e. The van der Waals surface area contributed by atoms with Crippen LogP contribution in [0.5, 0.6) is 0 Å². The minimum atomic E-state index is -3.28. The van der Waals surface area contributed by atoms with E-state index in [0.29, 0.717) is 10.8 Å². The van der Waals surface area contributed by atoms with Crippen LogP contribution >= 0.6 is 27.3 Å². The van der Waals surface area contributed by atoms with Crippen LogP contribution in [0.1, 0.15) is 25.7 Å². The molecule has 1 aromatic heterocycles. The van der Waals surface area contributed by atoms with Crippen molar-refractivity contribution in [3.05, 3.63) is 17.5 Å². The van der Waals surface area contributed by atoms with Gasteiger partial charge in [0, 0.05) is 17.9 Å². The summed E-state index contributed by atoms with van der Waals surface area (Å²) in [5.41, 5.74) is 0. The van der Waals surface area contributed by atoms with Crippen molar-refractivity contribution in [2.24, 2.45) is 0 Å². The number of sulfonamides is 1. The molecule has 0 aromatic carbocycles. The first kappa shape index (κ1) is 13.5. The number of halogens is 1. The summed E-state index contributed by atoms with van der Waals surface area (Å²) in [6.45, 7) is 0.649. The van der Waals surface area contributed by atoms with Gasteiger partial charge in [-0.1, -0.05) is 34.8 Å². The van der Waals surface area contributed by atoms with E-state index in [1.807, 2.05) is 5.38 Å². The van der Waals surface area contributed by atoms with Gasteiger partial charge in [0.25, 0.3) is 10.0 Å². The summed E-state index contributed by atoms with van der Waals surface area (Å²) in [5, 5.41) is 2.53. The maximum Gasteiger partial charge on any atom is 0.252 e. The van der Waals surface area contributed by atoms with E-state index in [1.54, 1.807) is 16.4 Å². The minimum Gasteiger partial charge on any atom is -0.206 e. The van der Waals surface area contributed by atoms with E-state index < -0.39 is 10.0 Å². The lowest BCUT2D eigenvalue weighted by Crippen LogP contribution is -2.40. The van der Waals surface area contributed by atoms with Gasteiger partial charge < -0.3 is 0 Å². The molecule has 1 atom stereocenters. The molecule has 0 amide bonds. The van der Waals surface area contributed by atoms with Gasteiger partial charge in [-0.05, 0) is 24.3 Å². The van der Waals surface area contributed by atoms with Gasteiger partial charge in [-0.15, -0.1) is 11.3 Å². The van der Waals surface area contributed by atoms with Gasteiger partial charge in [0.2, 0.25) is 0 Å². The number of hydrogen-bond acceptors (Lipinski definition) is 3. The largest absolute Gasteiger partial charge is 0.252 e. The first-order valence-electron chi connectivity index (χ1n) is 5.77. The summed E-state index contributed by atoms with van der Waals surface area (Å²) in [7, 11) is -3.28. The third-order valence-electron chi connectivity index (χ3n) is 3.06. The van der Waals surface area contributed by atoms with Crippen LogP contribution in [0.15, 0.2) is 21.7 Å². The molecule has 1 aliphatic rings. The standard InChI is InChI=1S/C11H16BrNO2S2/c12-9-10-5-2-1-3-7-13(10)17(14,15)11-6-4-8-16-11/h4,6,8,10H,1-3,5,7,9H2. The summed E-state index contributed by atoms with van der Waals surface area (Å²) >= 11 is 4.74. The molecule has 6 heteroatoms. The average Bonchev–Trinajstić information content (AvgIpc) is 2.74. The zero-order valence-electron chi connectivity index (χ0n) is 9.51. The molecule has 1 unspecified atom stereocenters. The molecule has 1 aliphatic heterocycles. The molecule has 1 saturated heterocycles. The van der Waals surface area contributed by atoms with Crippen LogP contribution in [0, 0.1) is 0 Å². The molecule has 3 nitrogen and oxygen atoms in total. The molecule has 1 fully saturated rings. The van der Waals surface area contributed by atoms with E-state index in [0.717, 1.165) is 31.0 Å². The molecule has 17 heavy (non-hydrogen) atoms. The second-order valence-electron chi connectivity index (χ2n) is 4.21. The Labute approximate surface area is 115 Å². The molecule has 2 heterocycles. The Balaban J connectivity index is 2.29. The fourth-order valence-corrected chi connectivity index (χ4v) is 5.82. The van der Waals surface area contributed by atoms with Gasteiger partial charge in [-0.3, -0.25) is 0 Å². The van der Waals surface area contributed by atoms with Gasteiger partial charge in [0.05, 0.1) is 0 Å². The van der Waals surface area contributed by atoms with Gasteiger partial charge in [0.1, 0.15) is 4.21 Å². The molecule has 0 saturated carbocycles. The van der Waals surface area contributed by atoms with E-state index in [1.165, 1.54) is 11.3 Å². The molecule has 96 valence electrons. The molecule has 2 rings (SSSR count). The highest BCUT2D eigenvalue weighted by molar-refractivity contribution is 9.09. The lowest BCUT2D eigenvalue weighted by Gasteiger charge is -2.27. The quantitative estimate of drug-likeness (QED) is 0.795. The maximum atomic E-state index is 12.5. The van der Waals surface area contributed by atoms with Gasteiger partial charge in [-0.2, -0.15) is 4.31 Å². The van der Waals surface area contributed by atoms with Crippen LogP contribution in [0.25, 0.3) is 0 Å². The van der Waals surface area contributed by atoms with Crippen LogP contribution in [-0.2, 0) is 10.0 Å². The van der Waals surface area contributed by atoms with Crippen molar-refractivity contribution in [1.82, 2.24) is 4.31 Å². The number of hydrogen-bond donors (Lipinski definition) is 0. The predicted molar refractivity (Wildman–Crippen MR) is 74.3 cm³/mol. The summed E-state index contributed by atoms with van der Waals surface area (Å²) in [6.07, 6.45) is 4.16. The number of alkyl halides is 1. The van der Waals surface area contributed by atoms with Crippen LogP contribution in [0.3, 0.4) is 0 Å². The van der Waals surface area contributed by atoms with Crippen LogP contribution < -0.4 is 0 Å². The number of rotatable bonds is 3. The van der Waals surface area contributed by atoms with E-state index in [-0.39, 0.29) is 6.04 Å². The van der Waals surface area contributed by atoms with Gasteiger partial charge in [-0.25, -0.2) is 8.42 Å². The summed E-state index contributed by atoms with van der Waals surface area (Å²) < 4.78 is 27.1. The highest BCUT2D eigenvalue weighted by Gasteiger charge is 2.32. The summed E-state index contributed by atoms with van der Waals surface area (Å²) in [4.78, 5) is 0. The molecular weight excluding hydrogens is 322 g/mol. The van der Waals surface area contributed by atoms with E-state index in [9.17, 15) is 8.42 Å². The Kier molecular flexibility index (Phi) is 4.63. The Bertz CT molecular complexity index is 444. The number of nitrogens with zero attached hydrogens (tertiary/aromatic N) is 1. The first-order chi connectivity index (χ1) is 8.16. The summed E-state index contributed by atoms with van der Waals surface area (Å²) in [5.74, 6) is 0. The van der Waals surface area contributed by atoms with E-state index >= 15 is 0 Å². The summed E-state index contributed by atoms with van der Waals surface area (Å²) in [6, 6.07) is 3.58. The monoisotopic (exact) mass is 337 g/mol. The van der Waals surface area contributed by atoms with Crippen molar-refractivity contribution >= 4 is 37.3 Å². The lowest BCUT2D eigenvalue weighted by atomic mass is 10.1. The number of thiophene rings is 1. The molecule has 1 aromatic rings. The second kappa shape index (κ2) is 5.82. The zero-order chi connectivity index (χ0) is 12.3. The van der Waals surface area contributed by atoms with E-state index in [4.69, 9.17) is 0 Å². The average molecular weight is 338 g/mol. The third-order valence-corrected chi connectivity index (χ3v) is 7.13. The molecule has 0 radical (unpaired) electrons. The van der Waals surface area contributed by atoms with Crippen molar-refractivity contribution < 1.29 is 8.42 Å². The third kappa shape index (κ3) is 2.92. The topological polar surface area (TPSA) is 37.4 Å². The van der Waals surface area contributed by atoms with Crippen molar-refractivity contribution in [1.29, 1.82) is 0 Å². The lowest BCUT2D eigenvalue weighted by molar-refractivity contribution is 0.348. The molecular formula is C11H16BrNO2S2. The molecule has 0 spiro atoms. The Hall–Kier alpha value is 0.0900. The second-order valence-corrected chi connectivity index (χ2v) is 7.92. The van der Waals surface area contributed by atoms with Gasteiger partial charge in [0.15, 0.2) is 0 Å². The highest BCUT2D eigenvalue weighted by Crippen LogP contribution is 2.27. The fraction of sp³-hybridized carbons (Fsp3) is 0.636. The highest BCUT2D eigenvalue weighted by atomic mass is 79.9. The van der Waals surface area contributed by atoms with Crippen molar-refractivity contribution in [3.8, 4) is 0 Å². The van der Waals surface area contributed by atoms with Gasteiger partial charge >= 0.3 is 0 Å². The normalized spacial score (nSPS) is 23.5. The zero-order valence-corrected chi connectivity index (χ0v) is 12.7. The minimum absolute atomic E-state index is 0.101. The van der Waals surface area contributed by atoms with Crippen LogP contribution in [0.4, 0.5) is 0 Å². The van der Waals surface area contributed by atoms with E-state index in [2.05, 4.69) is 15.9 Å². The van der Waals surface area contributed by atoms with Crippen LogP contribution in [0.2, 0.25) is 0 Å². The maximum absolute atomic E-state index is 12.5. The Morgan fingerprint density at radius 2 is 2.24 bits per heavy atom. The van der Waals surface area contributed by atoms with Crippen LogP contribution in [-0.4, -0.2) is 30.6 Å².